The van der Waals surface area contributed by atoms with Crippen molar-refractivity contribution in [2.45, 2.75) is 0 Å². The number of hydrogen-bond donors (Lipinski definition) is 0. The van der Waals surface area contributed by atoms with Crippen molar-refractivity contribution in [3.05, 3.63) is 376 Å². The fourth-order valence-electron chi connectivity index (χ4n) is 16.8. The quantitative estimate of drug-likeness (QED) is 0.116. The third-order valence-electron chi connectivity index (χ3n) is 22.2. The molecule has 24 aromatic rings. The number of benzene rings is 16. The predicted octanol–water partition coefficient (Wildman–Crippen LogP) is 27.6. The molecule has 552 valence electrons. The van der Waals surface area contributed by atoms with Crippen LogP contribution in [-0.2, 0) is 0 Å². The van der Waals surface area contributed by atoms with Crippen LogP contribution in [0.15, 0.2) is 385 Å². The van der Waals surface area contributed by atoms with Gasteiger partial charge in [-0.1, -0.05) is 285 Å². The largest absolute Gasteiger partial charge is 0.455 e. The van der Waals surface area contributed by atoms with Gasteiger partial charge in [-0.3, -0.25) is 9.13 Å². The minimum absolute atomic E-state index is 0.570. The number of thiophene rings is 2. The van der Waals surface area contributed by atoms with E-state index in [-0.39, 0.29) is 0 Å². The van der Waals surface area contributed by atoms with E-state index < -0.39 is 0 Å². The number of imidazole rings is 2. The normalized spacial score (nSPS) is 11.7. The Bertz CT molecular complexity index is 8070. The summed E-state index contributed by atoms with van der Waals surface area (Å²) in [5, 5.41) is 8.92. The molecule has 0 fully saturated rings. The standard InChI is InChI=1S/2C52H31N5OS/c1-3-15-32(16-4-1)49-54-50(34-18-11-17-33(31-34)36-22-12-23-38-37-21-7-10-30-45(37)59-48(36)38)56-51(55-49)40-25-14-29-44-46(40)39-24-13-26-41(47(39)58-44)52-53-42-27-8-9-28-43(42)57(52)35-19-5-2-6-20-35;1-3-14-33(15-4-1)49-54-50(34-30-28-32(29-31-34)36-19-11-20-38-37-18-7-10-27-45(37)59-48(36)38)56-51(55-49)40-22-13-26-44-46(40)39-21-12-23-41(47(39)58-44)52-53-42-24-8-9-25-43(42)57(52)35-16-5-2-6-17-35/h2*1-31H. The van der Waals surface area contributed by atoms with Crippen LogP contribution in [0.5, 0.6) is 0 Å². The fraction of sp³-hybridized carbons (Fsp3) is 0. The van der Waals surface area contributed by atoms with Crippen molar-refractivity contribution in [1.29, 1.82) is 0 Å². The van der Waals surface area contributed by atoms with Crippen LogP contribution in [0.3, 0.4) is 0 Å². The molecule has 12 nitrogen and oxygen atoms in total. The molecule has 0 radical (unpaired) electrons. The maximum Gasteiger partial charge on any atom is 0.164 e. The molecule has 0 spiro atoms. The minimum Gasteiger partial charge on any atom is -0.455 e. The molecule has 14 heteroatoms. The Morgan fingerprint density at radius 1 is 0.220 bits per heavy atom. The van der Waals surface area contributed by atoms with Gasteiger partial charge < -0.3 is 8.83 Å². The summed E-state index contributed by atoms with van der Waals surface area (Å²) in [7, 11) is 0. The van der Waals surface area contributed by atoms with Gasteiger partial charge in [-0.15, -0.1) is 22.7 Å². The molecule has 0 amide bonds. The van der Waals surface area contributed by atoms with E-state index >= 15 is 0 Å². The summed E-state index contributed by atoms with van der Waals surface area (Å²) in [5.74, 6) is 5.16. The first-order chi connectivity index (χ1) is 58.5. The van der Waals surface area contributed by atoms with E-state index in [1.165, 1.54) is 51.5 Å². The van der Waals surface area contributed by atoms with Gasteiger partial charge >= 0.3 is 0 Å². The molecule has 0 aliphatic heterocycles. The summed E-state index contributed by atoms with van der Waals surface area (Å²) in [6.45, 7) is 0. The maximum atomic E-state index is 6.81. The predicted molar refractivity (Wildman–Crippen MR) is 484 cm³/mol. The van der Waals surface area contributed by atoms with Gasteiger partial charge in [0.05, 0.1) is 33.2 Å². The third kappa shape index (κ3) is 11.6. The van der Waals surface area contributed by atoms with Gasteiger partial charge in [0.15, 0.2) is 34.9 Å². The first-order valence-corrected chi connectivity index (χ1v) is 40.7. The zero-order chi connectivity index (χ0) is 77.7. The van der Waals surface area contributed by atoms with Crippen LogP contribution in [-0.4, -0.2) is 49.0 Å². The molecule has 8 heterocycles. The molecule has 0 atom stereocenters. The number of rotatable bonds is 12. The molecular formula is C104H62N10O2S2. The molecule has 0 unspecified atom stereocenters. The molecular weight excluding hydrogens is 1490 g/mol. The van der Waals surface area contributed by atoms with E-state index in [9.17, 15) is 0 Å². The summed E-state index contributed by atoms with van der Waals surface area (Å²) in [6.07, 6.45) is 0. The monoisotopic (exact) mass is 1550 g/mol. The highest BCUT2D eigenvalue weighted by Crippen LogP contribution is 2.47. The lowest BCUT2D eigenvalue weighted by atomic mass is 10.0. The molecule has 118 heavy (non-hydrogen) atoms. The Kier molecular flexibility index (Phi) is 16.3. The summed E-state index contributed by atoms with van der Waals surface area (Å²) < 4.78 is 23.2. The lowest BCUT2D eigenvalue weighted by Gasteiger charge is -2.11. The van der Waals surface area contributed by atoms with E-state index in [0.717, 1.165) is 145 Å². The second kappa shape index (κ2) is 28.3. The van der Waals surface area contributed by atoms with Crippen LogP contribution in [0.25, 0.3) is 231 Å². The van der Waals surface area contributed by atoms with Crippen molar-refractivity contribution < 1.29 is 8.83 Å². The highest BCUT2D eigenvalue weighted by atomic mass is 32.1. The molecule has 0 saturated heterocycles. The number of hydrogen-bond acceptors (Lipinski definition) is 12. The topological polar surface area (TPSA) is 139 Å². The zero-order valence-electron chi connectivity index (χ0n) is 62.9. The average Bonchev–Trinajstić information content (AvgIpc) is 1.58. The Labute approximate surface area is 682 Å². The molecule has 0 saturated carbocycles. The Morgan fingerprint density at radius 2 is 0.551 bits per heavy atom. The highest BCUT2D eigenvalue weighted by molar-refractivity contribution is 7.26. The highest BCUT2D eigenvalue weighted by Gasteiger charge is 2.27. The smallest absolute Gasteiger partial charge is 0.164 e. The van der Waals surface area contributed by atoms with Crippen LogP contribution in [0, 0.1) is 0 Å². The lowest BCUT2D eigenvalue weighted by molar-refractivity contribution is 0.669. The van der Waals surface area contributed by atoms with Gasteiger partial charge in [0, 0.05) is 107 Å². The molecule has 0 aliphatic carbocycles. The Balaban J connectivity index is 0.000000138. The van der Waals surface area contributed by atoms with Crippen molar-refractivity contribution in [2.24, 2.45) is 0 Å². The van der Waals surface area contributed by atoms with Crippen LogP contribution in [0.2, 0.25) is 0 Å². The van der Waals surface area contributed by atoms with Crippen LogP contribution >= 0.6 is 22.7 Å². The van der Waals surface area contributed by atoms with E-state index in [1.807, 2.05) is 132 Å². The van der Waals surface area contributed by atoms with Crippen molar-refractivity contribution >= 4 is 129 Å². The van der Waals surface area contributed by atoms with E-state index in [2.05, 4.69) is 276 Å². The maximum absolute atomic E-state index is 6.81. The summed E-state index contributed by atoms with van der Waals surface area (Å²) in [5.41, 5.74) is 20.8. The SMILES string of the molecule is c1ccc(-c2nc(-c3ccc(-c4cccc5c4sc4ccccc45)cc3)nc(-c3cccc4oc5c(-c6nc7ccccc7n6-c6ccccc6)cccc5c34)n2)cc1.c1ccc(-c2nc(-c3cccc(-c4cccc5c4sc4ccccc45)c3)nc(-c3cccc4oc5c(-c6nc7ccccc7n6-c6ccccc6)cccc5c34)n2)cc1. The average molecular weight is 1550 g/mol. The number of fused-ring (bicyclic) bond motifs is 14. The number of nitrogens with zero attached hydrogens (tertiary/aromatic N) is 10. The van der Waals surface area contributed by atoms with E-state index in [4.69, 9.17) is 48.7 Å². The van der Waals surface area contributed by atoms with Crippen molar-refractivity contribution in [2.75, 3.05) is 0 Å². The first-order valence-electron chi connectivity index (χ1n) is 39.1. The fourth-order valence-corrected chi connectivity index (χ4v) is 19.2. The lowest BCUT2D eigenvalue weighted by Crippen LogP contribution is -2.00. The molecule has 0 bridgehead atoms. The van der Waals surface area contributed by atoms with Crippen LogP contribution in [0.4, 0.5) is 0 Å². The Morgan fingerprint density at radius 3 is 1.03 bits per heavy atom. The Hall–Kier alpha value is -15.5. The molecule has 24 rings (SSSR count). The molecule has 0 N–H and O–H groups in total. The number of furan rings is 2. The van der Waals surface area contributed by atoms with Crippen molar-refractivity contribution in [3.8, 4) is 125 Å². The van der Waals surface area contributed by atoms with Gasteiger partial charge in [-0.05, 0) is 113 Å². The van der Waals surface area contributed by atoms with Gasteiger partial charge in [0.2, 0.25) is 0 Å². The number of para-hydroxylation sites is 8. The van der Waals surface area contributed by atoms with E-state index in [0.29, 0.717) is 34.9 Å². The van der Waals surface area contributed by atoms with Crippen molar-refractivity contribution in [1.82, 2.24) is 49.0 Å². The van der Waals surface area contributed by atoms with Crippen LogP contribution in [0.1, 0.15) is 0 Å². The van der Waals surface area contributed by atoms with Gasteiger partial charge in [-0.2, -0.15) is 0 Å². The van der Waals surface area contributed by atoms with E-state index in [1.54, 1.807) is 0 Å². The van der Waals surface area contributed by atoms with Gasteiger partial charge in [0.1, 0.15) is 34.0 Å². The van der Waals surface area contributed by atoms with Crippen LogP contribution < -0.4 is 0 Å². The molecule has 8 aromatic heterocycles. The van der Waals surface area contributed by atoms with Gasteiger partial charge in [-0.25, -0.2) is 39.9 Å². The first kappa shape index (κ1) is 68.1. The minimum atomic E-state index is 0.570. The summed E-state index contributed by atoms with van der Waals surface area (Å²) >= 11 is 3.67. The molecule has 16 aromatic carbocycles. The second-order valence-electron chi connectivity index (χ2n) is 29.2. The molecule has 0 aliphatic rings. The zero-order valence-corrected chi connectivity index (χ0v) is 64.5. The van der Waals surface area contributed by atoms with Crippen molar-refractivity contribution in [3.63, 3.8) is 0 Å². The summed E-state index contributed by atoms with van der Waals surface area (Å²) in [6, 6.07) is 130. The number of aromatic nitrogens is 10. The van der Waals surface area contributed by atoms with Gasteiger partial charge in [0.25, 0.3) is 0 Å². The third-order valence-corrected chi connectivity index (χ3v) is 24.6. The second-order valence-corrected chi connectivity index (χ2v) is 31.3. The summed E-state index contributed by atoms with van der Waals surface area (Å²) in [4.78, 5) is 41.3.